The highest BCUT2D eigenvalue weighted by atomic mass is 19.1. The molecular formula is C19H15FN2O6. The van der Waals surface area contributed by atoms with Crippen molar-refractivity contribution in [2.75, 3.05) is 13.2 Å². The lowest BCUT2D eigenvalue weighted by molar-refractivity contribution is -0.384. The molecule has 0 radical (unpaired) electrons. The van der Waals surface area contributed by atoms with Crippen LogP contribution in [-0.4, -0.2) is 44.9 Å². The summed E-state index contributed by atoms with van der Waals surface area (Å²) in [6.07, 6.45) is 0. The van der Waals surface area contributed by atoms with Gasteiger partial charge >= 0.3 is 0 Å². The fourth-order valence-electron chi connectivity index (χ4n) is 3.14. The van der Waals surface area contributed by atoms with Crippen LogP contribution in [0, 0.1) is 15.9 Å². The number of Topliss-reactive ketones (excluding diaryl/α,β-unsaturated/α-hetero) is 1. The van der Waals surface area contributed by atoms with Crippen LogP contribution in [0.2, 0.25) is 0 Å². The number of carbonyl (C=O) groups is 2. The second kappa shape index (κ2) is 7.57. The molecule has 0 aromatic heterocycles. The molecule has 0 bridgehead atoms. The third kappa shape index (κ3) is 3.23. The number of β-amino-alcohol motifs (C(OH)–C–C–N with tert-alkyl or cyclic N) is 1. The van der Waals surface area contributed by atoms with Crippen molar-refractivity contribution in [3.05, 3.63) is 81.2 Å². The Labute approximate surface area is 158 Å². The van der Waals surface area contributed by atoms with Crippen molar-refractivity contribution in [3.8, 4) is 0 Å². The summed E-state index contributed by atoms with van der Waals surface area (Å²) in [6.45, 7) is -0.698. The average molecular weight is 386 g/mol. The Bertz CT molecular complexity index is 986. The van der Waals surface area contributed by atoms with Crippen LogP contribution in [0.15, 0.2) is 54.1 Å². The van der Waals surface area contributed by atoms with Crippen molar-refractivity contribution >= 4 is 23.1 Å². The number of likely N-dealkylation sites (tertiary alicyclic amines) is 1. The lowest BCUT2D eigenvalue weighted by Crippen LogP contribution is -2.32. The number of aliphatic hydroxyl groups excluding tert-OH is 2. The molecule has 3 rings (SSSR count). The number of hydrogen-bond acceptors (Lipinski definition) is 6. The van der Waals surface area contributed by atoms with E-state index in [1.54, 1.807) is 0 Å². The highest BCUT2D eigenvalue weighted by Crippen LogP contribution is 2.40. The molecule has 2 aromatic carbocycles. The summed E-state index contributed by atoms with van der Waals surface area (Å²) in [5.41, 5.74) is -0.520. The van der Waals surface area contributed by atoms with E-state index in [-0.39, 0.29) is 28.9 Å². The molecule has 1 aliphatic rings. The van der Waals surface area contributed by atoms with E-state index in [4.69, 9.17) is 0 Å². The van der Waals surface area contributed by atoms with E-state index >= 15 is 0 Å². The summed E-state index contributed by atoms with van der Waals surface area (Å²) in [7, 11) is 0. The lowest BCUT2D eigenvalue weighted by Gasteiger charge is -2.24. The number of halogens is 1. The van der Waals surface area contributed by atoms with Crippen LogP contribution >= 0.6 is 0 Å². The molecule has 8 nitrogen and oxygen atoms in total. The smallest absolute Gasteiger partial charge is 0.295 e. The molecule has 1 saturated heterocycles. The predicted molar refractivity (Wildman–Crippen MR) is 95.6 cm³/mol. The maximum absolute atomic E-state index is 14.4. The molecule has 0 saturated carbocycles. The molecule has 0 aliphatic carbocycles. The number of nitro groups is 1. The third-order valence-corrected chi connectivity index (χ3v) is 4.43. The molecular weight excluding hydrogens is 371 g/mol. The van der Waals surface area contributed by atoms with Gasteiger partial charge in [-0.1, -0.05) is 18.2 Å². The second-order valence-corrected chi connectivity index (χ2v) is 6.04. The quantitative estimate of drug-likeness (QED) is 0.267. The topological polar surface area (TPSA) is 121 Å². The van der Waals surface area contributed by atoms with Crippen molar-refractivity contribution in [1.29, 1.82) is 0 Å². The maximum Gasteiger partial charge on any atom is 0.295 e. The first kappa shape index (κ1) is 19.2. The SMILES string of the molecule is O=C1C(=O)N(CCO)C(c2ccccc2F)C1=C(O)c1ccc([N+](=O)[O-])cc1. The van der Waals surface area contributed by atoms with E-state index in [0.29, 0.717) is 0 Å². The zero-order valence-corrected chi connectivity index (χ0v) is 14.4. The van der Waals surface area contributed by atoms with Crippen LogP contribution in [0.1, 0.15) is 17.2 Å². The van der Waals surface area contributed by atoms with E-state index in [0.717, 1.165) is 23.1 Å². The maximum atomic E-state index is 14.4. The first-order valence-corrected chi connectivity index (χ1v) is 8.25. The molecule has 2 N–H and O–H groups in total. The first-order chi connectivity index (χ1) is 13.4. The molecule has 1 atom stereocenters. The predicted octanol–water partition coefficient (Wildman–Crippen LogP) is 2.15. The summed E-state index contributed by atoms with van der Waals surface area (Å²) in [5.74, 6) is -3.28. The van der Waals surface area contributed by atoms with E-state index in [1.807, 2.05) is 0 Å². The summed E-state index contributed by atoms with van der Waals surface area (Å²) in [6, 6.07) is 8.98. The molecule has 1 aliphatic heterocycles. The Hall–Kier alpha value is -3.59. The van der Waals surface area contributed by atoms with Crippen LogP contribution in [0.25, 0.3) is 5.76 Å². The molecule has 1 unspecified atom stereocenters. The average Bonchev–Trinajstić information content (AvgIpc) is 2.93. The van der Waals surface area contributed by atoms with Gasteiger partial charge in [0, 0.05) is 29.8 Å². The Morgan fingerprint density at radius 2 is 1.79 bits per heavy atom. The van der Waals surface area contributed by atoms with E-state index in [9.17, 15) is 34.3 Å². The zero-order chi connectivity index (χ0) is 20.4. The second-order valence-electron chi connectivity index (χ2n) is 6.04. The summed E-state index contributed by atoms with van der Waals surface area (Å²) < 4.78 is 14.4. The highest BCUT2D eigenvalue weighted by Gasteiger charge is 2.46. The van der Waals surface area contributed by atoms with Crippen molar-refractivity contribution in [3.63, 3.8) is 0 Å². The number of aliphatic hydroxyl groups is 2. The van der Waals surface area contributed by atoms with Gasteiger partial charge in [0.25, 0.3) is 17.4 Å². The number of rotatable bonds is 5. The van der Waals surface area contributed by atoms with Gasteiger partial charge in [-0.3, -0.25) is 19.7 Å². The minimum atomic E-state index is -1.23. The summed E-state index contributed by atoms with van der Waals surface area (Å²) >= 11 is 0. The number of ketones is 1. The molecule has 1 fully saturated rings. The van der Waals surface area contributed by atoms with Gasteiger partial charge in [0.2, 0.25) is 0 Å². The van der Waals surface area contributed by atoms with E-state index < -0.39 is 40.8 Å². The number of nitro benzene ring substituents is 1. The standard InChI is InChI=1S/C19H15FN2O6/c20-14-4-2-1-3-13(14)16-15(18(25)19(26)21(16)9-10-23)17(24)11-5-7-12(8-6-11)22(27)28/h1-8,16,23-24H,9-10H2. The fraction of sp³-hybridized carbons (Fsp3) is 0.158. The Kier molecular flexibility index (Phi) is 5.18. The van der Waals surface area contributed by atoms with Gasteiger partial charge in [0.15, 0.2) is 0 Å². The van der Waals surface area contributed by atoms with Gasteiger partial charge in [-0.15, -0.1) is 0 Å². The summed E-state index contributed by atoms with van der Waals surface area (Å²) in [5, 5.41) is 30.7. The van der Waals surface area contributed by atoms with Crippen molar-refractivity contribution in [2.45, 2.75) is 6.04 Å². The van der Waals surface area contributed by atoms with Crippen LogP contribution < -0.4 is 0 Å². The van der Waals surface area contributed by atoms with Crippen molar-refractivity contribution < 1.29 is 29.1 Å². The van der Waals surface area contributed by atoms with Gasteiger partial charge < -0.3 is 15.1 Å². The van der Waals surface area contributed by atoms with Crippen LogP contribution in [-0.2, 0) is 9.59 Å². The monoisotopic (exact) mass is 386 g/mol. The molecule has 0 spiro atoms. The van der Waals surface area contributed by atoms with Crippen LogP contribution in [0.4, 0.5) is 10.1 Å². The number of hydrogen-bond donors (Lipinski definition) is 2. The minimum Gasteiger partial charge on any atom is -0.507 e. The zero-order valence-electron chi connectivity index (χ0n) is 14.4. The van der Waals surface area contributed by atoms with Gasteiger partial charge in [-0.2, -0.15) is 0 Å². The summed E-state index contributed by atoms with van der Waals surface area (Å²) in [4.78, 5) is 36.1. The highest BCUT2D eigenvalue weighted by molar-refractivity contribution is 6.46. The molecule has 9 heteroatoms. The number of non-ortho nitro benzene ring substituents is 1. The fourth-order valence-corrected chi connectivity index (χ4v) is 3.14. The van der Waals surface area contributed by atoms with Crippen molar-refractivity contribution in [2.24, 2.45) is 0 Å². The van der Waals surface area contributed by atoms with E-state index in [2.05, 4.69) is 0 Å². The third-order valence-electron chi connectivity index (χ3n) is 4.43. The molecule has 1 amide bonds. The van der Waals surface area contributed by atoms with E-state index in [1.165, 1.54) is 30.3 Å². The molecule has 1 heterocycles. The van der Waals surface area contributed by atoms with Gasteiger partial charge in [-0.05, 0) is 18.2 Å². The molecule has 2 aromatic rings. The van der Waals surface area contributed by atoms with Gasteiger partial charge in [0.05, 0.1) is 23.1 Å². The van der Waals surface area contributed by atoms with Gasteiger partial charge in [0.1, 0.15) is 11.6 Å². The Morgan fingerprint density at radius 3 is 2.36 bits per heavy atom. The van der Waals surface area contributed by atoms with Crippen molar-refractivity contribution in [1.82, 2.24) is 4.90 Å². The lowest BCUT2D eigenvalue weighted by atomic mass is 9.95. The number of benzene rings is 2. The van der Waals surface area contributed by atoms with Crippen LogP contribution in [0.3, 0.4) is 0 Å². The Balaban J connectivity index is 2.18. The largest absolute Gasteiger partial charge is 0.507 e. The normalized spacial score (nSPS) is 18.5. The van der Waals surface area contributed by atoms with Gasteiger partial charge in [-0.25, -0.2) is 4.39 Å². The molecule has 28 heavy (non-hydrogen) atoms. The molecule has 144 valence electrons. The van der Waals surface area contributed by atoms with Crippen LogP contribution in [0.5, 0.6) is 0 Å². The first-order valence-electron chi connectivity index (χ1n) is 8.25. The minimum absolute atomic E-state index is 0.0152. The number of carbonyl (C=O) groups excluding carboxylic acids is 2. The Morgan fingerprint density at radius 1 is 1.14 bits per heavy atom. The number of amides is 1. The number of nitrogens with zero attached hydrogens (tertiary/aromatic N) is 2.